The van der Waals surface area contributed by atoms with Gasteiger partial charge in [-0.05, 0) is 56.9 Å². The van der Waals surface area contributed by atoms with E-state index in [0.717, 1.165) is 74.8 Å². The molecule has 34 heavy (non-hydrogen) atoms. The summed E-state index contributed by atoms with van der Waals surface area (Å²) in [7, 11) is 0. The van der Waals surface area contributed by atoms with Crippen molar-refractivity contribution in [2.24, 2.45) is 5.41 Å². The molecule has 2 fully saturated rings. The van der Waals surface area contributed by atoms with Gasteiger partial charge in [0.2, 0.25) is 11.9 Å². The summed E-state index contributed by atoms with van der Waals surface area (Å²) >= 11 is 0. The Morgan fingerprint density at radius 1 is 1.00 bits per heavy atom. The molecule has 1 amide bonds. The molecule has 2 saturated heterocycles. The van der Waals surface area contributed by atoms with Gasteiger partial charge in [0.25, 0.3) is 0 Å². The summed E-state index contributed by atoms with van der Waals surface area (Å²) in [6.07, 6.45) is 7.30. The van der Waals surface area contributed by atoms with Gasteiger partial charge in [-0.1, -0.05) is 36.8 Å². The van der Waals surface area contributed by atoms with Crippen LogP contribution in [0.2, 0.25) is 0 Å². The summed E-state index contributed by atoms with van der Waals surface area (Å²) in [5.74, 6) is 1.33. The summed E-state index contributed by atoms with van der Waals surface area (Å²) in [4.78, 5) is 31.7. The minimum atomic E-state index is -0.329. The highest BCUT2D eigenvalue weighted by atomic mass is 16.2. The second-order valence-corrected chi connectivity index (χ2v) is 10.0. The number of likely N-dealkylation sites (tertiary alicyclic amines) is 1. The van der Waals surface area contributed by atoms with Crippen LogP contribution in [0.4, 0.5) is 5.95 Å². The molecule has 6 nitrogen and oxygen atoms in total. The number of aryl methyl sites for hydroxylation is 1. The normalized spacial score (nSPS) is 20.2. The first kappa shape index (κ1) is 22.5. The molecule has 0 saturated carbocycles. The van der Waals surface area contributed by atoms with E-state index in [4.69, 9.17) is 4.98 Å². The van der Waals surface area contributed by atoms with Gasteiger partial charge < -0.3 is 9.80 Å². The Labute approximate surface area is 202 Å². The fourth-order valence-electron chi connectivity index (χ4n) is 5.30. The van der Waals surface area contributed by atoms with Crippen LogP contribution in [0.25, 0.3) is 11.3 Å². The number of amides is 1. The summed E-state index contributed by atoms with van der Waals surface area (Å²) in [5, 5.41) is 0. The van der Waals surface area contributed by atoms with Gasteiger partial charge in [0.15, 0.2) is 0 Å². The summed E-state index contributed by atoms with van der Waals surface area (Å²) in [6, 6.07) is 16.6. The molecule has 0 aliphatic carbocycles. The number of rotatable bonds is 4. The predicted octanol–water partition coefficient (Wildman–Crippen LogP) is 4.86. The maximum Gasteiger partial charge on any atom is 0.228 e. The van der Waals surface area contributed by atoms with Gasteiger partial charge in [-0.3, -0.25) is 9.78 Å². The van der Waals surface area contributed by atoms with Gasteiger partial charge in [-0.15, -0.1) is 0 Å². The quantitative estimate of drug-likeness (QED) is 0.562. The SMILES string of the molecule is Cc1cccc(-c2cccc(C3CCCN(C(=O)C4(C)CCN(c5ncccn5)CC4)C3)n2)c1. The zero-order valence-electron chi connectivity index (χ0n) is 20.2. The molecule has 4 heterocycles. The molecule has 176 valence electrons. The van der Waals surface area contributed by atoms with Crippen LogP contribution in [0, 0.1) is 12.3 Å². The molecule has 2 aromatic heterocycles. The summed E-state index contributed by atoms with van der Waals surface area (Å²) in [6.45, 7) is 7.46. The molecule has 0 radical (unpaired) electrons. The van der Waals surface area contributed by atoms with Gasteiger partial charge in [0.05, 0.1) is 5.69 Å². The Kier molecular flexibility index (Phi) is 6.31. The van der Waals surface area contributed by atoms with Crippen molar-refractivity contribution in [1.29, 1.82) is 0 Å². The van der Waals surface area contributed by atoms with Crippen LogP contribution >= 0.6 is 0 Å². The number of benzene rings is 1. The van der Waals surface area contributed by atoms with Crippen molar-refractivity contribution in [2.75, 3.05) is 31.1 Å². The van der Waals surface area contributed by atoms with E-state index in [0.29, 0.717) is 5.91 Å². The Morgan fingerprint density at radius 2 is 1.76 bits per heavy atom. The third kappa shape index (κ3) is 4.67. The third-order valence-electron chi connectivity index (χ3n) is 7.43. The first-order valence-corrected chi connectivity index (χ1v) is 12.4. The van der Waals surface area contributed by atoms with Crippen molar-refractivity contribution in [2.45, 2.75) is 45.4 Å². The van der Waals surface area contributed by atoms with Crippen molar-refractivity contribution in [3.8, 4) is 11.3 Å². The number of piperidine rings is 2. The molecular weight excluding hydrogens is 422 g/mol. The Morgan fingerprint density at radius 3 is 2.53 bits per heavy atom. The van der Waals surface area contributed by atoms with E-state index in [1.165, 1.54) is 5.56 Å². The van der Waals surface area contributed by atoms with Crippen LogP contribution in [-0.2, 0) is 4.79 Å². The minimum absolute atomic E-state index is 0.281. The van der Waals surface area contributed by atoms with Crippen LogP contribution < -0.4 is 4.90 Å². The van der Waals surface area contributed by atoms with Crippen LogP contribution in [0.1, 0.15) is 49.8 Å². The van der Waals surface area contributed by atoms with Crippen LogP contribution in [0.3, 0.4) is 0 Å². The van der Waals surface area contributed by atoms with E-state index in [-0.39, 0.29) is 11.3 Å². The van der Waals surface area contributed by atoms with Crippen LogP contribution in [-0.4, -0.2) is 51.9 Å². The Balaban J connectivity index is 1.26. The van der Waals surface area contributed by atoms with Gasteiger partial charge in [-0.25, -0.2) is 9.97 Å². The number of anilines is 1. The van der Waals surface area contributed by atoms with E-state index in [1.807, 2.05) is 6.07 Å². The van der Waals surface area contributed by atoms with Crippen molar-refractivity contribution < 1.29 is 4.79 Å². The smallest absolute Gasteiger partial charge is 0.228 e. The lowest BCUT2D eigenvalue weighted by atomic mass is 9.78. The fraction of sp³-hybridized carbons (Fsp3) is 0.429. The number of hydrogen-bond donors (Lipinski definition) is 0. The molecule has 3 aromatic rings. The van der Waals surface area contributed by atoms with Crippen LogP contribution in [0.5, 0.6) is 0 Å². The van der Waals surface area contributed by atoms with E-state index >= 15 is 0 Å². The monoisotopic (exact) mass is 455 g/mol. The molecule has 5 rings (SSSR count). The fourth-order valence-corrected chi connectivity index (χ4v) is 5.30. The largest absolute Gasteiger partial charge is 0.342 e. The molecule has 0 spiro atoms. The highest BCUT2D eigenvalue weighted by molar-refractivity contribution is 5.83. The second-order valence-electron chi connectivity index (χ2n) is 10.0. The third-order valence-corrected chi connectivity index (χ3v) is 7.43. The molecule has 2 aliphatic rings. The molecule has 1 unspecified atom stereocenters. The molecule has 1 aromatic carbocycles. The number of pyridine rings is 1. The molecule has 6 heteroatoms. The van der Waals surface area contributed by atoms with Crippen LogP contribution in [0.15, 0.2) is 60.9 Å². The van der Waals surface area contributed by atoms with Crippen molar-refractivity contribution in [1.82, 2.24) is 19.9 Å². The molecule has 0 bridgehead atoms. The maximum atomic E-state index is 13.7. The van der Waals surface area contributed by atoms with Gasteiger partial charge >= 0.3 is 0 Å². The number of aromatic nitrogens is 3. The number of hydrogen-bond acceptors (Lipinski definition) is 5. The highest BCUT2D eigenvalue weighted by Gasteiger charge is 2.41. The van der Waals surface area contributed by atoms with Crippen molar-refractivity contribution >= 4 is 11.9 Å². The predicted molar refractivity (Wildman–Crippen MR) is 135 cm³/mol. The first-order valence-electron chi connectivity index (χ1n) is 12.4. The molecule has 2 aliphatic heterocycles. The lowest BCUT2D eigenvalue weighted by Crippen LogP contribution is -2.51. The maximum absolute atomic E-state index is 13.7. The highest BCUT2D eigenvalue weighted by Crippen LogP contribution is 2.36. The van der Waals surface area contributed by atoms with E-state index in [9.17, 15) is 4.79 Å². The standard InChI is InChI=1S/C28H33N5O/c1-21-7-3-8-22(19-21)24-10-4-11-25(31-24)23-9-5-16-33(20-23)26(34)28(2)12-17-32(18-13-28)27-29-14-6-15-30-27/h3-4,6-8,10-11,14-15,19,23H,5,9,12-13,16-18,20H2,1-2H3. The lowest BCUT2D eigenvalue weighted by Gasteiger charge is -2.43. The van der Waals surface area contributed by atoms with Crippen molar-refractivity contribution in [3.05, 3.63) is 72.2 Å². The van der Waals surface area contributed by atoms with Gasteiger partial charge in [0.1, 0.15) is 0 Å². The Hall–Kier alpha value is -3.28. The van der Waals surface area contributed by atoms with E-state index in [1.54, 1.807) is 12.4 Å². The number of carbonyl (C=O) groups is 1. The average Bonchev–Trinajstić information content (AvgIpc) is 2.89. The number of carbonyl (C=O) groups excluding carboxylic acids is 1. The molecule has 0 N–H and O–H groups in total. The average molecular weight is 456 g/mol. The topological polar surface area (TPSA) is 62.2 Å². The zero-order valence-corrected chi connectivity index (χ0v) is 20.2. The zero-order chi connectivity index (χ0) is 23.5. The van der Waals surface area contributed by atoms with E-state index < -0.39 is 0 Å². The first-order chi connectivity index (χ1) is 16.5. The van der Waals surface area contributed by atoms with Gasteiger partial charge in [-0.2, -0.15) is 0 Å². The van der Waals surface area contributed by atoms with Gasteiger partial charge in [0, 0.05) is 61.2 Å². The molecule has 1 atom stereocenters. The second kappa shape index (κ2) is 9.53. The van der Waals surface area contributed by atoms with Crippen molar-refractivity contribution in [3.63, 3.8) is 0 Å². The van der Waals surface area contributed by atoms with E-state index in [2.05, 4.69) is 76.1 Å². The number of nitrogens with zero attached hydrogens (tertiary/aromatic N) is 5. The Bertz CT molecular complexity index is 1140. The minimum Gasteiger partial charge on any atom is -0.342 e. The summed E-state index contributed by atoms with van der Waals surface area (Å²) < 4.78 is 0. The lowest BCUT2D eigenvalue weighted by molar-refractivity contribution is -0.143. The molecular formula is C28H33N5O. The summed E-state index contributed by atoms with van der Waals surface area (Å²) in [5.41, 5.74) is 4.15.